The Kier molecular flexibility index (Phi) is 6.22. The molecule has 2 N–H and O–H groups in total. The molecule has 7 nitrogen and oxygen atoms in total. The summed E-state index contributed by atoms with van der Waals surface area (Å²) in [5.41, 5.74) is 8.52. The molecule has 1 aromatic carbocycles. The van der Waals surface area contributed by atoms with E-state index in [9.17, 15) is 13.2 Å². The molecular formula is C26H29F3N6O. The Labute approximate surface area is 207 Å². The van der Waals surface area contributed by atoms with Crippen LogP contribution < -0.4 is 5.73 Å². The van der Waals surface area contributed by atoms with Crippen molar-refractivity contribution in [3.05, 3.63) is 59.8 Å². The maximum absolute atomic E-state index is 14.2. The fraction of sp³-hybridized carbons (Fsp3) is 0.423. The van der Waals surface area contributed by atoms with E-state index in [1.54, 1.807) is 17.6 Å². The summed E-state index contributed by atoms with van der Waals surface area (Å²) in [5, 5.41) is 9.43. The lowest BCUT2D eigenvalue weighted by molar-refractivity contribution is -0.183. The fourth-order valence-corrected chi connectivity index (χ4v) is 5.16. The molecule has 4 aromatic rings. The van der Waals surface area contributed by atoms with Crippen molar-refractivity contribution in [1.82, 2.24) is 24.5 Å². The SMILES string of the molecule is COCC(C)(C)c1cccc2ccc(-c3nnc4ccc([C@@H](N5CC[C@H](N)C5)C(F)(F)F)cn34)nc12. The molecule has 5 rings (SSSR count). The van der Waals surface area contributed by atoms with Crippen LogP contribution in [-0.4, -0.2) is 63.5 Å². The molecule has 0 spiro atoms. The zero-order chi connectivity index (χ0) is 25.7. The standard InChI is InChI=1S/C26H29F3N6O/c1-25(2,15-36-3)19-6-4-5-16-7-9-20(31-22(16)19)24-33-32-21-10-8-17(13-35(21)24)23(26(27,28)29)34-12-11-18(30)14-34/h4-10,13,18,23H,11-12,14-15,30H2,1-3H3/t18-,23+/m0/s1. The number of fused-ring (bicyclic) bond motifs is 2. The van der Waals surface area contributed by atoms with E-state index in [1.807, 2.05) is 30.3 Å². The molecule has 190 valence electrons. The minimum absolute atomic E-state index is 0.118. The fourth-order valence-electron chi connectivity index (χ4n) is 5.16. The van der Waals surface area contributed by atoms with Crippen molar-refractivity contribution in [2.75, 3.05) is 26.8 Å². The van der Waals surface area contributed by atoms with E-state index in [0.717, 1.165) is 16.5 Å². The van der Waals surface area contributed by atoms with E-state index in [-0.39, 0.29) is 23.6 Å². The molecule has 0 aliphatic carbocycles. The van der Waals surface area contributed by atoms with Crippen molar-refractivity contribution in [1.29, 1.82) is 0 Å². The highest BCUT2D eigenvalue weighted by molar-refractivity contribution is 5.85. The number of hydrogen-bond donors (Lipinski definition) is 1. The Morgan fingerprint density at radius 1 is 1.11 bits per heavy atom. The van der Waals surface area contributed by atoms with Crippen LogP contribution in [0, 0.1) is 0 Å². The van der Waals surface area contributed by atoms with Gasteiger partial charge in [0.25, 0.3) is 0 Å². The Morgan fingerprint density at radius 3 is 2.61 bits per heavy atom. The number of para-hydroxylation sites is 1. The third kappa shape index (κ3) is 4.44. The number of nitrogens with zero attached hydrogens (tertiary/aromatic N) is 5. The summed E-state index contributed by atoms with van der Waals surface area (Å²) in [4.78, 5) is 6.30. The molecular weight excluding hydrogens is 469 g/mol. The van der Waals surface area contributed by atoms with Crippen LogP contribution >= 0.6 is 0 Å². The Hall–Kier alpha value is -3.08. The average Bonchev–Trinajstić information content (AvgIpc) is 3.43. The van der Waals surface area contributed by atoms with E-state index in [0.29, 0.717) is 36.7 Å². The van der Waals surface area contributed by atoms with Crippen LogP contribution in [0.2, 0.25) is 0 Å². The van der Waals surface area contributed by atoms with Crippen LogP contribution in [0.15, 0.2) is 48.7 Å². The number of likely N-dealkylation sites (tertiary alicyclic amines) is 1. The lowest BCUT2D eigenvalue weighted by Gasteiger charge is -2.30. The number of methoxy groups -OCH3 is 1. The molecule has 4 heterocycles. The second-order valence-electron chi connectivity index (χ2n) is 10.1. The number of benzene rings is 1. The van der Waals surface area contributed by atoms with Gasteiger partial charge in [-0.15, -0.1) is 10.2 Å². The second-order valence-corrected chi connectivity index (χ2v) is 10.1. The third-order valence-corrected chi connectivity index (χ3v) is 6.86. The minimum Gasteiger partial charge on any atom is -0.384 e. The highest BCUT2D eigenvalue weighted by Gasteiger charge is 2.46. The number of alkyl halides is 3. The number of aromatic nitrogens is 4. The van der Waals surface area contributed by atoms with Gasteiger partial charge in [-0.1, -0.05) is 44.2 Å². The Bertz CT molecular complexity index is 1400. The molecule has 0 bridgehead atoms. The zero-order valence-corrected chi connectivity index (χ0v) is 20.5. The minimum atomic E-state index is -4.45. The summed E-state index contributed by atoms with van der Waals surface area (Å²) in [5.74, 6) is 0.382. The van der Waals surface area contributed by atoms with Gasteiger partial charge in [0.05, 0.1) is 12.1 Å². The van der Waals surface area contributed by atoms with Gasteiger partial charge in [-0.2, -0.15) is 13.2 Å². The van der Waals surface area contributed by atoms with E-state index in [1.165, 1.54) is 17.2 Å². The first-order valence-electron chi connectivity index (χ1n) is 11.9. The largest absolute Gasteiger partial charge is 0.408 e. The van der Waals surface area contributed by atoms with Crippen LogP contribution in [0.5, 0.6) is 0 Å². The summed E-state index contributed by atoms with van der Waals surface area (Å²) >= 11 is 0. The van der Waals surface area contributed by atoms with Gasteiger partial charge < -0.3 is 10.5 Å². The van der Waals surface area contributed by atoms with Gasteiger partial charge in [0.1, 0.15) is 11.7 Å². The van der Waals surface area contributed by atoms with Crippen molar-refractivity contribution in [2.24, 2.45) is 5.73 Å². The maximum Gasteiger partial charge on any atom is 0.408 e. The van der Waals surface area contributed by atoms with Crippen LogP contribution in [0.1, 0.15) is 37.4 Å². The summed E-state index contributed by atoms with van der Waals surface area (Å²) in [6.45, 7) is 5.17. The van der Waals surface area contributed by atoms with Crippen molar-refractivity contribution in [3.63, 3.8) is 0 Å². The monoisotopic (exact) mass is 498 g/mol. The Balaban J connectivity index is 1.62. The summed E-state index contributed by atoms with van der Waals surface area (Å²) in [6.07, 6.45) is -2.44. The molecule has 10 heteroatoms. The van der Waals surface area contributed by atoms with Gasteiger partial charge in [-0.3, -0.25) is 9.30 Å². The molecule has 0 radical (unpaired) electrons. The number of halogens is 3. The maximum atomic E-state index is 14.2. The van der Waals surface area contributed by atoms with E-state index < -0.39 is 12.2 Å². The molecule has 0 unspecified atom stereocenters. The smallest absolute Gasteiger partial charge is 0.384 e. The highest BCUT2D eigenvalue weighted by atomic mass is 19.4. The molecule has 3 aromatic heterocycles. The van der Waals surface area contributed by atoms with Crippen LogP contribution in [-0.2, 0) is 10.2 Å². The predicted molar refractivity (Wildman–Crippen MR) is 132 cm³/mol. The molecule has 0 saturated carbocycles. The first-order valence-corrected chi connectivity index (χ1v) is 11.9. The van der Waals surface area contributed by atoms with Gasteiger partial charge in [-0.05, 0) is 29.7 Å². The van der Waals surface area contributed by atoms with Crippen LogP contribution in [0.4, 0.5) is 13.2 Å². The Morgan fingerprint density at radius 2 is 1.92 bits per heavy atom. The topological polar surface area (TPSA) is 81.6 Å². The third-order valence-electron chi connectivity index (χ3n) is 6.86. The van der Waals surface area contributed by atoms with Gasteiger partial charge in [0.2, 0.25) is 0 Å². The lowest BCUT2D eigenvalue weighted by atomic mass is 9.84. The number of rotatable bonds is 6. The van der Waals surface area contributed by atoms with Crippen molar-refractivity contribution in [2.45, 2.75) is 43.9 Å². The number of nitrogens with two attached hydrogens (primary N) is 1. The van der Waals surface area contributed by atoms with Gasteiger partial charge in [0, 0.05) is 43.2 Å². The van der Waals surface area contributed by atoms with Crippen molar-refractivity contribution in [3.8, 4) is 11.5 Å². The second kappa shape index (κ2) is 9.10. The number of hydrogen-bond acceptors (Lipinski definition) is 6. The molecule has 36 heavy (non-hydrogen) atoms. The molecule has 1 saturated heterocycles. The first-order chi connectivity index (χ1) is 17.1. The molecule has 2 atom stereocenters. The van der Waals surface area contributed by atoms with Gasteiger partial charge in [0.15, 0.2) is 11.5 Å². The van der Waals surface area contributed by atoms with E-state index in [2.05, 4.69) is 24.0 Å². The van der Waals surface area contributed by atoms with Crippen molar-refractivity contribution < 1.29 is 17.9 Å². The lowest BCUT2D eigenvalue weighted by Crippen LogP contribution is -2.38. The quantitative estimate of drug-likeness (QED) is 0.422. The normalized spacial score (nSPS) is 18.4. The van der Waals surface area contributed by atoms with Crippen LogP contribution in [0.3, 0.4) is 0 Å². The van der Waals surface area contributed by atoms with Crippen LogP contribution in [0.25, 0.3) is 28.1 Å². The molecule has 1 aliphatic heterocycles. The molecule has 1 fully saturated rings. The zero-order valence-electron chi connectivity index (χ0n) is 20.5. The summed E-state index contributed by atoms with van der Waals surface area (Å²) in [6, 6.07) is 10.8. The summed E-state index contributed by atoms with van der Waals surface area (Å²) < 4.78 is 49.6. The average molecular weight is 499 g/mol. The summed E-state index contributed by atoms with van der Waals surface area (Å²) in [7, 11) is 1.66. The van der Waals surface area contributed by atoms with E-state index >= 15 is 0 Å². The number of ether oxygens (including phenoxy) is 1. The first kappa shape index (κ1) is 24.6. The molecule has 0 amide bonds. The predicted octanol–water partition coefficient (Wildman–Crippen LogP) is 4.50. The number of pyridine rings is 2. The van der Waals surface area contributed by atoms with E-state index in [4.69, 9.17) is 15.5 Å². The van der Waals surface area contributed by atoms with Gasteiger partial charge in [-0.25, -0.2) is 4.98 Å². The molecule has 1 aliphatic rings. The highest BCUT2D eigenvalue weighted by Crippen LogP contribution is 2.39. The van der Waals surface area contributed by atoms with Crippen molar-refractivity contribution >= 4 is 16.6 Å². The van der Waals surface area contributed by atoms with Gasteiger partial charge >= 0.3 is 6.18 Å².